The maximum absolute atomic E-state index is 15.7. The molecule has 3 saturated heterocycles. The minimum atomic E-state index is -1.84. The smallest absolute Gasteiger partial charge is 0.246 e. The molecular formula is C89H125N19O20S2. The number of nitrogens with zero attached hydrogens (tertiary/aromatic N) is 5. The fraction of sp³-hybridized carbons (Fsp3) is 0.551. The van der Waals surface area contributed by atoms with Gasteiger partial charge in [0.05, 0.1) is 31.7 Å². The Bertz CT molecular complexity index is 4910. The molecule has 8 rings (SSSR count). The second-order valence-corrected chi connectivity index (χ2v) is 36.1. The molecule has 3 fully saturated rings. The van der Waals surface area contributed by atoms with E-state index in [4.69, 9.17) is 17.2 Å². The zero-order chi connectivity index (χ0) is 95.5. The van der Waals surface area contributed by atoms with Gasteiger partial charge in [0, 0.05) is 81.0 Å². The molecule has 3 aromatic carbocycles. The Balaban J connectivity index is 1.18. The number of amides is 18. The van der Waals surface area contributed by atoms with Crippen molar-refractivity contribution in [3.05, 3.63) is 101 Å². The number of nitrogens with one attached hydrogen (secondary N) is 11. The van der Waals surface area contributed by atoms with E-state index in [1.165, 1.54) is 78.4 Å². The molecule has 3 aliphatic heterocycles. The second-order valence-electron chi connectivity index (χ2n) is 34.2. The first-order valence-electron chi connectivity index (χ1n) is 44.0. The van der Waals surface area contributed by atoms with Gasteiger partial charge < -0.3 is 110 Å². The van der Waals surface area contributed by atoms with Crippen LogP contribution in [0, 0.1) is 11.8 Å². The van der Waals surface area contributed by atoms with Crippen LogP contribution in [0.5, 0.6) is 5.75 Å². The number of benzene rings is 3. The third-order valence-corrected chi connectivity index (χ3v) is 25.4. The molecule has 0 bridgehead atoms. The number of aliphatic hydroxyl groups excluding tert-OH is 1. The highest BCUT2D eigenvalue weighted by Gasteiger charge is 2.46. The number of aromatic nitrogens is 1. The number of phenolic OH excluding ortho intramolecular Hbond substituents is 1. The molecule has 5 aromatic rings. The number of likely N-dealkylation sites (N-methyl/N-ethyl adjacent to an activating group) is 3. The van der Waals surface area contributed by atoms with Crippen LogP contribution in [0.4, 0.5) is 0 Å². The molecule has 39 nitrogen and oxygen atoms in total. The number of fused-ring (bicyclic) bond motifs is 4. The second kappa shape index (κ2) is 48.9. The van der Waals surface area contributed by atoms with Crippen LogP contribution in [0.1, 0.15) is 155 Å². The van der Waals surface area contributed by atoms with Crippen LogP contribution in [0.2, 0.25) is 0 Å². The summed E-state index contributed by atoms with van der Waals surface area (Å²) in [7, 11) is 3.96. The third-order valence-electron chi connectivity index (χ3n) is 23.3. The third kappa shape index (κ3) is 28.6. The van der Waals surface area contributed by atoms with Gasteiger partial charge in [0.25, 0.3) is 0 Å². The van der Waals surface area contributed by atoms with Crippen molar-refractivity contribution in [1.82, 2.24) is 82.7 Å². The summed E-state index contributed by atoms with van der Waals surface area (Å²) in [6, 6.07) is -1.41. The van der Waals surface area contributed by atoms with E-state index < -0.39 is 228 Å². The standard InChI is InChI=1S/C89H125N19O20S2/c1-11-13-24-67-82(121)96-58(35-48(3)4)78(117)103-66(77(116)94-43-74(92)113)46-129-47-75(114)95-62(37-51-29-31-54(110)32-30-51)85(124)104(8)50(7)76(115)99-64(41-73(91)112)88(127)108-34-20-27-69(108)84(123)98-60(40-72(90)111)80(119)100-61(36-49(5)6)87(126)107-33-19-26-68(107)83(122)97-59(39-53-45-130-71-28-18-16-22-56(53)71)79(118)102-65(44-109)81(120)101-63(38-52-42-93-57-23-17-15-21-55(52)57)86(125)106(10)70(25-14-12-2)89(128)105(67)9/h15-18,21-23,28-32,42,45,48-50,58-70,93,109-110H,11-14,19-20,24-27,33-41,43-44,46-47H2,1-10H3,(H2,90,111)(H2,91,112)(H2,92,113)(H,94,116)(H,95,114)(H,96,121)(H,97,122)(H,98,123)(H,99,115)(H,100,119)(H,101,120)(H,102,118)(H,103,117)/t50-,58-,59-,60-,61-,62-,63-,64+,65-,66-,67-,68-,69-,70-/m0/s1. The number of para-hydroxylation sites is 1. The van der Waals surface area contributed by atoms with Crippen molar-refractivity contribution in [3.8, 4) is 5.75 Å². The Hall–Kier alpha value is -12.3. The van der Waals surface area contributed by atoms with E-state index in [-0.39, 0.29) is 101 Å². The number of aliphatic hydroxyl groups is 1. The number of carbonyl (C=O) groups is 18. The average molecular weight is 1850 g/mol. The van der Waals surface area contributed by atoms with E-state index in [1.807, 2.05) is 32.0 Å². The summed E-state index contributed by atoms with van der Waals surface area (Å²) in [5, 5.41) is 50.9. The molecule has 0 radical (unpaired) electrons. The Morgan fingerprint density at radius 1 is 0.500 bits per heavy atom. The average Bonchev–Trinajstić information content (AvgIpc) is 1.70. The van der Waals surface area contributed by atoms with Gasteiger partial charge in [-0.3, -0.25) is 86.3 Å². The fourth-order valence-electron chi connectivity index (χ4n) is 16.2. The number of rotatable bonds is 24. The first kappa shape index (κ1) is 103. The Morgan fingerprint density at radius 2 is 0.992 bits per heavy atom. The molecule has 0 unspecified atom stereocenters. The summed E-state index contributed by atoms with van der Waals surface area (Å²) < 4.78 is 0.822. The van der Waals surface area contributed by atoms with Crippen LogP contribution in [0.15, 0.2) is 84.4 Å². The van der Waals surface area contributed by atoms with E-state index in [0.717, 1.165) is 31.6 Å². The molecule has 2 aromatic heterocycles. The highest BCUT2D eigenvalue weighted by Crippen LogP contribution is 2.30. The van der Waals surface area contributed by atoms with Crippen LogP contribution < -0.4 is 70.4 Å². The predicted molar refractivity (Wildman–Crippen MR) is 484 cm³/mol. The summed E-state index contributed by atoms with van der Waals surface area (Å²) in [4.78, 5) is 270. The number of thioether (sulfide) groups is 1. The number of aromatic hydroxyl groups is 1. The topological polar surface area (TPSA) is 578 Å². The van der Waals surface area contributed by atoms with Gasteiger partial charge in [0.2, 0.25) is 106 Å². The summed E-state index contributed by atoms with van der Waals surface area (Å²) in [5.41, 5.74) is 19.0. The summed E-state index contributed by atoms with van der Waals surface area (Å²) in [6.07, 6.45) is 1.35. The molecule has 3 aliphatic rings. The van der Waals surface area contributed by atoms with E-state index in [0.29, 0.717) is 53.3 Å². The van der Waals surface area contributed by atoms with Crippen LogP contribution in [-0.2, 0) is 106 Å². The van der Waals surface area contributed by atoms with Gasteiger partial charge in [-0.05, 0) is 122 Å². The van der Waals surface area contributed by atoms with Crippen LogP contribution in [0.25, 0.3) is 21.0 Å². The molecule has 14 atom stereocenters. The molecule has 41 heteroatoms. The number of thiophene rings is 1. The lowest BCUT2D eigenvalue weighted by atomic mass is 9.99. The van der Waals surface area contributed by atoms with Gasteiger partial charge in [-0.2, -0.15) is 0 Å². The fourth-order valence-corrected chi connectivity index (χ4v) is 18.0. The van der Waals surface area contributed by atoms with Crippen molar-refractivity contribution < 1.29 is 96.5 Å². The first-order valence-corrected chi connectivity index (χ1v) is 46.0. The molecule has 0 aliphatic carbocycles. The van der Waals surface area contributed by atoms with Crippen molar-refractivity contribution >= 4 is 150 Å². The number of nitrogens with two attached hydrogens (primary N) is 3. The van der Waals surface area contributed by atoms with Crippen molar-refractivity contribution in [2.24, 2.45) is 29.0 Å². The maximum atomic E-state index is 15.7. The molecule has 5 heterocycles. The Labute approximate surface area is 762 Å². The normalized spacial score (nSPS) is 24.8. The number of hydrogen-bond donors (Lipinski definition) is 16. The molecule has 130 heavy (non-hydrogen) atoms. The van der Waals surface area contributed by atoms with Crippen molar-refractivity contribution in [3.63, 3.8) is 0 Å². The lowest BCUT2D eigenvalue weighted by molar-refractivity contribution is -0.149. The van der Waals surface area contributed by atoms with Gasteiger partial charge in [0.15, 0.2) is 0 Å². The lowest BCUT2D eigenvalue weighted by Crippen LogP contribution is -2.62. The van der Waals surface area contributed by atoms with Crippen LogP contribution in [-0.4, -0.2) is 290 Å². The molecule has 0 saturated carbocycles. The number of primary amides is 3. The lowest BCUT2D eigenvalue weighted by Gasteiger charge is -2.36. The Kier molecular flexibility index (Phi) is 38.8. The van der Waals surface area contributed by atoms with Gasteiger partial charge >= 0.3 is 0 Å². The largest absolute Gasteiger partial charge is 0.508 e. The predicted octanol–water partition coefficient (Wildman–Crippen LogP) is -0.474. The summed E-state index contributed by atoms with van der Waals surface area (Å²) >= 11 is 2.14. The minimum absolute atomic E-state index is 0.0279. The van der Waals surface area contributed by atoms with Gasteiger partial charge in [0.1, 0.15) is 90.3 Å². The van der Waals surface area contributed by atoms with Crippen LogP contribution in [0.3, 0.4) is 0 Å². The SMILES string of the molecule is CCCC[C@H]1C(=O)N(C)[C@@H](CCCC)C(=O)N[C@@H](CC(C)C)C(=O)N[C@H](C(=O)NCC(N)=O)CSCC(=O)N[C@@H](Cc2ccc(O)cc2)C(=O)N(C)[C@@H](C)C(=O)N[C@H](CC(N)=O)C(=O)N2CCC[C@H]2C(=O)N[C@@H](CC(N)=O)C(=O)N[C@@H](CC(C)C)C(=O)N2CCC[C@H]2C(=O)N[C@@H](Cc2csc3ccccc23)C(=O)N[C@@H](CO)C(=O)N[C@@H](Cc2c[nH]c3ccccc23)C(=O)N1C. The van der Waals surface area contributed by atoms with Crippen LogP contribution >= 0.6 is 23.1 Å². The van der Waals surface area contributed by atoms with Gasteiger partial charge in [-0.25, -0.2) is 0 Å². The number of aromatic amines is 1. The van der Waals surface area contributed by atoms with E-state index >= 15 is 33.6 Å². The quantitative estimate of drug-likeness (QED) is 0.0371. The van der Waals surface area contributed by atoms with Gasteiger partial charge in [-0.1, -0.05) is 116 Å². The molecule has 708 valence electrons. The maximum Gasteiger partial charge on any atom is 0.246 e. The number of hydrogen-bond acceptors (Lipinski definition) is 22. The van der Waals surface area contributed by atoms with Gasteiger partial charge in [-0.15, -0.1) is 23.1 Å². The van der Waals surface area contributed by atoms with Crippen molar-refractivity contribution in [2.45, 2.75) is 242 Å². The zero-order valence-corrected chi connectivity index (χ0v) is 76.7. The van der Waals surface area contributed by atoms with Crippen molar-refractivity contribution in [1.29, 1.82) is 0 Å². The number of phenols is 1. The Morgan fingerprint density at radius 3 is 1.60 bits per heavy atom. The van der Waals surface area contributed by atoms with Crippen molar-refractivity contribution in [2.75, 3.05) is 58.9 Å². The van der Waals surface area contributed by atoms with E-state index in [2.05, 4.69) is 58.2 Å². The number of carbonyl (C=O) groups excluding carboxylic acids is 18. The zero-order valence-electron chi connectivity index (χ0n) is 75.1. The molecule has 18 amide bonds. The summed E-state index contributed by atoms with van der Waals surface area (Å²) in [6.45, 7) is 10.1. The minimum Gasteiger partial charge on any atom is -0.508 e. The summed E-state index contributed by atoms with van der Waals surface area (Å²) in [5.74, 6) is -18.5. The molecule has 0 spiro atoms. The number of H-pyrrole nitrogens is 1. The molecular weight excluding hydrogens is 1720 g/mol. The first-order chi connectivity index (χ1) is 61.7. The molecule has 19 N–H and O–H groups in total. The highest BCUT2D eigenvalue weighted by atomic mass is 32.2. The van der Waals surface area contributed by atoms with E-state index in [9.17, 15) is 63.0 Å². The monoisotopic (exact) mass is 1840 g/mol. The van der Waals surface area contributed by atoms with E-state index in [1.54, 1.807) is 69.6 Å². The highest BCUT2D eigenvalue weighted by molar-refractivity contribution is 8.00. The number of unbranched alkanes of at least 4 members (excludes halogenated alkanes) is 2.